The summed E-state index contributed by atoms with van der Waals surface area (Å²) in [6.07, 6.45) is 0.901. The van der Waals surface area contributed by atoms with Gasteiger partial charge < -0.3 is 10.1 Å². The van der Waals surface area contributed by atoms with E-state index in [0.717, 1.165) is 23.7 Å². The van der Waals surface area contributed by atoms with Crippen LogP contribution >= 0.6 is 11.3 Å². The smallest absolute Gasteiger partial charge is 0.309 e. The van der Waals surface area contributed by atoms with Gasteiger partial charge in [0.2, 0.25) is 0 Å². The molecule has 0 aliphatic heterocycles. The molecule has 1 rings (SSSR count). The van der Waals surface area contributed by atoms with Gasteiger partial charge in [0.05, 0.1) is 23.7 Å². The van der Waals surface area contributed by atoms with Crippen molar-refractivity contribution < 1.29 is 9.53 Å². The minimum absolute atomic E-state index is 0.0952. The lowest BCUT2D eigenvalue weighted by Gasteiger charge is -2.09. The van der Waals surface area contributed by atoms with Crippen molar-refractivity contribution in [2.24, 2.45) is 5.92 Å². The van der Waals surface area contributed by atoms with Crippen molar-refractivity contribution in [3.8, 4) is 0 Å². The predicted molar refractivity (Wildman–Crippen MR) is 64.6 cm³/mol. The van der Waals surface area contributed by atoms with Crippen LogP contribution in [0.1, 0.15) is 17.6 Å². The third-order valence-electron chi connectivity index (χ3n) is 2.28. The number of carbonyl (C=O) groups excluding carboxylic acids is 1. The Morgan fingerprint density at radius 2 is 2.44 bits per heavy atom. The molecule has 0 aromatic carbocycles. The molecule has 1 atom stereocenters. The first-order chi connectivity index (χ1) is 7.63. The summed E-state index contributed by atoms with van der Waals surface area (Å²) >= 11 is 1.66. The fraction of sp³-hybridized carbons (Fsp3) is 0.636. The summed E-state index contributed by atoms with van der Waals surface area (Å²) in [6.45, 7) is 5.34. The van der Waals surface area contributed by atoms with E-state index in [1.165, 1.54) is 7.11 Å². The van der Waals surface area contributed by atoms with Crippen molar-refractivity contribution in [1.29, 1.82) is 0 Å². The largest absolute Gasteiger partial charge is 0.469 e. The van der Waals surface area contributed by atoms with Crippen molar-refractivity contribution in [2.45, 2.75) is 20.3 Å². The van der Waals surface area contributed by atoms with Crippen LogP contribution in [0, 0.1) is 12.8 Å². The third-order valence-corrected chi connectivity index (χ3v) is 3.10. The van der Waals surface area contributed by atoms with Crippen molar-refractivity contribution in [3.63, 3.8) is 0 Å². The molecule has 16 heavy (non-hydrogen) atoms. The number of hydrogen-bond donors (Lipinski definition) is 1. The normalized spacial score (nSPS) is 12.4. The standard InChI is InChI=1S/C11H18N2O2S/c1-8(11(14)15-3)6-12-5-4-10-7-16-9(2)13-10/h7-8,12H,4-6H2,1-3H3. The fourth-order valence-electron chi connectivity index (χ4n) is 1.34. The topological polar surface area (TPSA) is 51.2 Å². The van der Waals surface area contributed by atoms with Gasteiger partial charge in [-0.25, -0.2) is 4.98 Å². The van der Waals surface area contributed by atoms with Crippen LogP contribution in [0.15, 0.2) is 5.38 Å². The molecule has 5 heteroatoms. The first kappa shape index (κ1) is 13.1. The number of rotatable bonds is 6. The summed E-state index contributed by atoms with van der Waals surface area (Å²) in [5.41, 5.74) is 1.11. The van der Waals surface area contributed by atoms with Crippen LogP contribution in [-0.4, -0.2) is 31.2 Å². The molecule has 0 saturated carbocycles. The van der Waals surface area contributed by atoms with Crippen molar-refractivity contribution in [1.82, 2.24) is 10.3 Å². The summed E-state index contributed by atoms with van der Waals surface area (Å²) in [5.74, 6) is -0.265. The molecule has 4 nitrogen and oxygen atoms in total. The Hall–Kier alpha value is -0.940. The summed E-state index contributed by atoms with van der Waals surface area (Å²) < 4.78 is 4.64. The quantitative estimate of drug-likeness (QED) is 0.605. The lowest BCUT2D eigenvalue weighted by molar-refractivity contribution is -0.144. The molecule has 1 N–H and O–H groups in total. The molecule has 0 aliphatic carbocycles. The van der Waals surface area contributed by atoms with Crippen LogP contribution in [0.25, 0.3) is 0 Å². The van der Waals surface area contributed by atoms with E-state index in [0.29, 0.717) is 6.54 Å². The zero-order valence-electron chi connectivity index (χ0n) is 9.95. The molecule has 0 spiro atoms. The van der Waals surface area contributed by atoms with E-state index in [1.807, 2.05) is 13.8 Å². The number of esters is 1. The van der Waals surface area contributed by atoms with Gasteiger partial charge in [0.1, 0.15) is 0 Å². The molecule has 1 aromatic rings. The van der Waals surface area contributed by atoms with Crippen LogP contribution in [0.3, 0.4) is 0 Å². The molecule has 90 valence electrons. The maximum Gasteiger partial charge on any atom is 0.309 e. The highest BCUT2D eigenvalue weighted by molar-refractivity contribution is 7.09. The minimum atomic E-state index is -0.169. The van der Waals surface area contributed by atoms with Gasteiger partial charge in [0.15, 0.2) is 0 Å². The van der Waals surface area contributed by atoms with Gasteiger partial charge in [0.25, 0.3) is 0 Å². The van der Waals surface area contributed by atoms with E-state index >= 15 is 0 Å². The first-order valence-corrected chi connectivity index (χ1v) is 6.21. The van der Waals surface area contributed by atoms with Gasteiger partial charge in [-0.3, -0.25) is 4.79 Å². The van der Waals surface area contributed by atoms with Crippen LogP contribution in [0.2, 0.25) is 0 Å². The molecule has 1 heterocycles. The Labute approximate surface area is 100 Å². The van der Waals surface area contributed by atoms with E-state index < -0.39 is 0 Å². The van der Waals surface area contributed by atoms with Crippen molar-refractivity contribution >= 4 is 17.3 Å². The van der Waals surface area contributed by atoms with E-state index in [-0.39, 0.29) is 11.9 Å². The zero-order chi connectivity index (χ0) is 12.0. The summed E-state index contributed by atoms with van der Waals surface area (Å²) in [7, 11) is 1.41. The second-order valence-corrected chi connectivity index (χ2v) is 4.80. The first-order valence-electron chi connectivity index (χ1n) is 5.33. The Morgan fingerprint density at radius 1 is 1.69 bits per heavy atom. The van der Waals surface area contributed by atoms with Crippen LogP contribution in [-0.2, 0) is 16.0 Å². The van der Waals surface area contributed by atoms with Gasteiger partial charge in [-0.2, -0.15) is 0 Å². The molecule has 0 saturated heterocycles. The molecule has 1 unspecified atom stereocenters. The molecule has 1 aromatic heterocycles. The molecule has 0 aliphatic rings. The van der Waals surface area contributed by atoms with Crippen molar-refractivity contribution in [2.75, 3.05) is 20.2 Å². The van der Waals surface area contributed by atoms with E-state index in [9.17, 15) is 4.79 Å². The number of carbonyl (C=O) groups is 1. The number of aryl methyl sites for hydroxylation is 1. The summed E-state index contributed by atoms with van der Waals surface area (Å²) in [4.78, 5) is 15.5. The number of aromatic nitrogens is 1. The highest BCUT2D eigenvalue weighted by atomic mass is 32.1. The number of thiazole rings is 1. The van der Waals surface area contributed by atoms with Gasteiger partial charge >= 0.3 is 5.97 Å². The SMILES string of the molecule is COC(=O)C(C)CNCCc1csc(C)n1. The fourth-order valence-corrected chi connectivity index (χ4v) is 1.99. The molecule has 0 radical (unpaired) electrons. The second kappa shape index (κ2) is 6.60. The van der Waals surface area contributed by atoms with Crippen LogP contribution in [0.5, 0.6) is 0 Å². The Morgan fingerprint density at radius 3 is 3.00 bits per heavy atom. The number of nitrogens with one attached hydrogen (secondary N) is 1. The van der Waals surface area contributed by atoms with E-state index in [2.05, 4.69) is 20.4 Å². The van der Waals surface area contributed by atoms with Crippen molar-refractivity contribution in [3.05, 3.63) is 16.1 Å². The maximum absolute atomic E-state index is 11.1. The van der Waals surface area contributed by atoms with Crippen LogP contribution < -0.4 is 5.32 Å². The highest BCUT2D eigenvalue weighted by Gasteiger charge is 2.11. The molecule has 0 amide bonds. The predicted octanol–water partition coefficient (Wildman–Crippen LogP) is 1.39. The summed E-state index contributed by atoms with van der Waals surface area (Å²) in [5, 5.41) is 6.39. The third kappa shape index (κ3) is 4.28. The number of hydrogen-bond acceptors (Lipinski definition) is 5. The van der Waals surface area contributed by atoms with Gasteiger partial charge in [-0.15, -0.1) is 11.3 Å². The van der Waals surface area contributed by atoms with E-state index in [1.54, 1.807) is 11.3 Å². The molecule has 0 fully saturated rings. The average molecular weight is 242 g/mol. The Bertz CT molecular complexity index is 338. The number of methoxy groups -OCH3 is 1. The van der Waals surface area contributed by atoms with E-state index in [4.69, 9.17) is 0 Å². The molecular formula is C11H18N2O2S. The minimum Gasteiger partial charge on any atom is -0.469 e. The lowest BCUT2D eigenvalue weighted by atomic mass is 10.2. The van der Waals surface area contributed by atoms with Gasteiger partial charge in [-0.05, 0) is 6.92 Å². The molecular weight excluding hydrogens is 224 g/mol. The van der Waals surface area contributed by atoms with Crippen LogP contribution in [0.4, 0.5) is 0 Å². The number of nitrogens with zero attached hydrogens (tertiary/aromatic N) is 1. The maximum atomic E-state index is 11.1. The average Bonchev–Trinajstić information content (AvgIpc) is 2.69. The highest BCUT2D eigenvalue weighted by Crippen LogP contribution is 2.07. The monoisotopic (exact) mass is 242 g/mol. The number of ether oxygens (including phenoxy) is 1. The Kier molecular flexibility index (Phi) is 5.42. The lowest BCUT2D eigenvalue weighted by Crippen LogP contribution is -2.28. The van der Waals surface area contributed by atoms with Gasteiger partial charge in [-0.1, -0.05) is 6.92 Å². The zero-order valence-corrected chi connectivity index (χ0v) is 10.8. The second-order valence-electron chi connectivity index (χ2n) is 3.74. The Balaban J connectivity index is 2.14. The summed E-state index contributed by atoms with van der Waals surface area (Å²) in [6, 6.07) is 0. The van der Waals surface area contributed by atoms with Gasteiger partial charge in [0, 0.05) is 24.9 Å². The molecule has 0 bridgehead atoms.